The van der Waals surface area contributed by atoms with E-state index in [0.29, 0.717) is 0 Å². The van der Waals surface area contributed by atoms with Crippen molar-refractivity contribution in [1.82, 2.24) is 9.88 Å². The molecule has 0 unspecified atom stereocenters. The van der Waals surface area contributed by atoms with Gasteiger partial charge in [0.2, 0.25) is 0 Å². The first-order valence-electron chi connectivity index (χ1n) is 5.57. The maximum Gasteiger partial charge on any atom is 0.253 e. The van der Waals surface area contributed by atoms with Crippen LogP contribution in [0.15, 0.2) is 29.1 Å². The number of para-hydroxylation sites is 1. The summed E-state index contributed by atoms with van der Waals surface area (Å²) in [6, 6.07) is 8.05. The quantitative estimate of drug-likeness (QED) is 0.721. The minimum atomic E-state index is 0.0697. The van der Waals surface area contributed by atoms with Crippen molar-refractivity contribution in [3.63, 3.8) is 0 Å². The Morgan fingerprint density at radius 3 is 2.94 bits per heavy atom. The first-order valence-corrected chi connectivity index (χ1v) is 5.57. The van der Waals surface area contributed by atoms with E-state index in [1.54, 1.807) is 0 Å². The highest BCUT2D eigenvalue weighted by atomic mass is 16.1. The number of likely N-dealkylation sites (N-methyl/N-ethyl adjacent to an activating group) is 1. The Morgan fingerprint density at radius 1 is 1.25 bits per heavy atom. The summed E-state index contributed by atoms with van der Waals surface area (Å²) in [6.07, 6.45) is 0.969. The normalized spacial score (nSPS) is 16.3. The molecule has 82 valence electrons. The van der Waals surface area contributed by atoms with Crippen LogP contribution in [0.3, 0.4) is 0 Å². The third-order valence-electron chi connectivity index (χ3n) is 3.31. The number of fused-ring (bicyclic) bond motifs is 3. The van der Waals surface area contributed by atoms with Gasteiger partial charge in [-0.15, -0.1) is 0 Å². The van der Waals surface area contributed by atoms with Crippen LogP contribution in [-0.4, -0.2) is 23.5 Å². The Balaban J connectivity index is 2.36. The van der Waals surface area contributed by atoms with Gasteiger partial charge in [-0.3, -0.25) is 4.79 Å². The summed E-state index contributed by atoms with van der Waals surface area (Å²) in [7, 11) is 2.05. The minimum absolute atomic E-state index is 0.0697. The molecule has 0 atom stereocenters. The molecule has 0 amide bonds. The van der Waals surface area contributed by atoms with E-state index in [1.165, 1.54) is 10.9 Å². The highest BCUT2D eigenvalue weighted by Gasteiger charge is 2.18. The van der Waals surface area contributed by atoms with Crippen LogP contribution in [0.2, 0.25) is 0 Å². The lowest BCUT2D eigenvalue weighted by atomic mass is 9.97. The van der Waals surface area contributed by atoms with Crippen LogP contribution in [-0.2, 0) is 13.0 Å². The van der Waals surface area contributed by atoms with Gasteiger partial charge in [-0.05, 0) is 25.1 Å². The largest absolute Gasteiger partial charge is 0.322 e. The van der Waals surface area contributed by atoms with E-state index in [9.17, 15) is 4.79 Å². The molecule has 1 N–H and O–H groups in total. The Kier molecular flexibility index (Phi) is 2.07. The van der Waals surface area contributed by atoms with E-state index in [1.807, 2.05) is 18.2 Å². The van der Waals surface area contributed by atoms with Gasteiger partial charge in [0.05, 0.1) is 0 Å². The first kappa shape index (κ1) is 9.60. The number of aromatic nitrogens is 1. The standard InChI is InChI=1S/C13H14N2O/c1-15-7-6-9-10-4-2-3-5-12(10)14-13(16)11(9)8-15/h2-5H,6-8H2,1H3,(H,14,16). The van der Waals surface area contributed by atoms with E-state index in [0.717, 1.165) is 30.6 Å². The van der Waals surface area contributed by atoms with Crippen molar-refractivity contribution in [2.24, 2.45) is 0 Å². The number of rotatable bonds is 0. The molecule has 0 aliphatic carbocycles. The molecule has 1 aromatic heterocycles. The van der Waals surface area contributed by atoms with Gasteiger partial charge in [-0.2, -0.15) is 0 Å². The van der Waals surface area contributed by atoms with E-state index in [-0.39, 0.29) is 5.56 Å². The average Bonchev–Trinajstić information content (AvgIpc) is 2.29. The maximum absolute atomic E-state index is 11.9. The summed E-state index contributed by atoms with van der Waals surface area (Å²) in [4.78, 5) is 17.1. The van der Waals surface area contributed by atoms with Gasteiger partial charge in [-0.25, -0.2) is 0 Å². The number of nitrogens with zero attached hydrogens (tertiary/aromatic N) is 1. The zero-order valence-electron chi connectivity index (χ0n) is 9.29. The van der Waals surface area contributed by atoms with E-state index >= 15 is 0 Å². The second kappa shape index (κ2) is 3.46. The molecule has 3 nitrogen and oxygen atoms in total. The zero-order valence-corrected chi connectivity index (χ0v) is 9.29. The average molecular weight is 214 g/mol. The summed E-state index contributed by atoms with van der Waals surface area (Å²) < 4.78 is 0. The Bertz CT molecular complexity index is 600. The molecule has 0 saturated carbocycles. The van der Waals surface area contributed by atoms with Crippen molar-refractivity contribution in [1.29, 1.82) is 0 Å². The predicted molar refractivity (Wildman–Crippen MR) is 64.6 cm³/mol. The third kappa shape index (κ3) is 1.36. The topological polar surface area (TPSA) is 36.1 Å². The second-order valence-electron chi connectivity index (χ2n) is 4.44. The molecule has 2 heterocycles. The van der Waals surface area contributed by atoms with Crippen LogP contribution in [0, 0.1) is 0 Å². The van der Waals surface area contributed by atoms with Crippen LogP contribution >= 0.6 is 0 Å². The van der Waals surface area contributed by atoms with Crippen molar-refractivity contribution >= 4 is 10.9 Å². The lowest BCUT2D eigenvalue weighted by Crippen LogP contribution is -2.32. The summed E-state index contributed by atoms with van der Waals surface area (Å²) in [5.74, 6) is 0. The van der Waals surface area contributed by atoms with Gasteiger partial charge in [0, 0.05) is 29.6 Å². The molecule has 0 bridgehead atoms. The Labute approximate surface area is 93.7 Å². The van der Waals surface area contributed by atoms with Crippen LogP contribution in [0.5, 0.6) is 0 Å². The van der Waals surface area contributed by atoms with Crippen LogP contribution in [0.4, 0.5) is 0 Å². The van der Waals surface area contributed by atoms with Crippen molar-refractivity contribution in [3.05, 3.63) is 45.7 Å². The van der Waals surface area contributed by atoms with Gasteiger partial charge in [0.15, 0.2) is 0 Å². The summed E-state index contributed by atoms with van der Waals surface area (Å²) in [5, 5.41) is 1.20. The number of H-pyrrole nitrogens is 1. The lowest BCUT2D eigenvalue weighted by molar-refractivity contribution is 0.312. The van der Waals surface area contributed by atoms with Gasteiger partial charge < -0.3 is 9.88 Å². The number of hydrogen-bond acceptors (Lipinski definition) is 2. The van der Waals surface area contributed by atoms with Crippen molar-refractivity contribution in [2.75, 3.05) is 13.6 Å². The van der Waals surface area contributed by atoms with Crippen molar-refractivity contribution in [2.45, 2.75) is 13.0 Å². The molecule has 0 fully saturated rings. The molecule has 0 spiro atoms. The van der Waals surface area contributed by atoms with Gasteiger partial charge in [0.25, 0.3) is 5.56 Å². The molecule has 0 saturated heterocycles. The summed E-state index contributed by atoms with van der Waals surface area (Å²) in [6.45, 7) is 1.79. The highest BCUT2D eigenvalue weighted by molar-refractivity contribution is 5.83. The Hall–Kier alpha value is -1.61. The molecule has 0 radical (unpaired) electrons. The van der Waals surface area contributed by atoms with Gasteiger partial charge >= 0.3 is 0 Å². The summed E-state index contributed by atoms with van der Waals surface area (Å²) in [5.41, 5.74) is 3.20. The lowest BCUT2D eigenvalue weighted by Gasteiger charge is -2.25. The molecule has 3 rings (SSSR count). The number of nitrogens with one attached hydrogen (secondary N) is 1. The van der Waals surface area contributed by atoms with E-state index in [2.05, 4.69) is 23.0 Å². The zero-order chi connectivity index (χ0) is 11.1. The number of benzene rings is 1. The third-order valence-corrected chi connectivity index (χ3v) is 3.31. The fourth-order valence-electron chi connectivity index (χ4n) is 2.46. The number of hydrogen-bond donors (Lipinski definition) is 1. The van der Waals surface area contributed by atoms with Gasteiger partial charge in [-0.1, -0.05) is 18.2 Å². The molecular formula is C13H14N2O. The minimum Gasteiger partial charge on any atom is -0.322 e. The molecular weight excluding hydrogens is 200 g/mol. The van der Waals surface area contributed by atoms with Gasteiger partial charge in [0.1, 0.15) is 0 Å². The predicted octanol–water partition coefficient (Wildman–Crippen LogP) is 1.52. The SMILES string of the molecule is CN1CCc2c(c(=O)[nH]c3ccccc23)C1. The molecule has 1 aliphatic heterocycles. The number of pyridine rings is 1. The van der Waals surface area contributed by atoms with E-state index in [4.69, 9.17) is 0 Å². The monoisotopic (exact) mass is 214 g/mol. The molecule has 3 heteroatoms. The maximum atomic E-state index is 11.9. The van der Waals surface area contributed by atoms with E-state index < -0.39 is 0 Å². The van der Waals surface area contributed by atoms with Crippen molar-refractivity contribution < 1.29 is 0 Å². The number of aromatic amines is 1. The molecule has 1 aliphatic rings. The molecule has 1 aromatic carbocycles. The van der Waals surface area contributed by atoms with Crippen LogP contribution < -0.4 is 5.56 Å². The van der Waals surface area contributed by atoms with Crippen molar-refractivity contribution in [3.8, 4) is 0 Å². The smallest absolute Gasteiger partial charge is 0.253 e. The molecule has 2 aromatic rings. The second-order valence-corrected chi connectivity index (χ2v) is 4.44. The Morgan fingerprint density at radius 2 is 2.06 bits per heavy atom. The highest BCUT2D eigenvalue weighted by Crippen LogP contribution is 2.22. The first-order chi connectivity index (χ1) is 7.75. The fourth-order valence-corrected chi connectivity index (χ4v) is 2.46. The van der Waals surface area contributed by atoms with Crippen LogP contribution in [0.1, 0.15) is 11.1 Å². The molecule has 16 heavy (non-hydrogen) atoms. The van der Waals surface area contributed by atoms with Crippen LogP contribution in [0.25, 0.3) is 10.9 Å². The summed E-state index contributed by atoms with van der Waals surface area (Å²) >= 11 is 0. The fraction of sp³-hybridized carbons (Fsp3) is 0.308.